The average molecular weight is 208 g/mol. The van der Waals surface area contributed by atoms with Crippen molar-refractivity contribution in [2.75, 3.05) is 11.5 Å². The van der Waals surface area contributed by atoms with Crippen LogP contribution in [0, 0.1) is 0 Å². The Morgan fingerprint density at radius 3 is 2.00 bits per heavy atom. The van der Waals surface area contributed by atoms with Crippen LogP contribution in [0.1, 0.15) is 0 Å². The van der Waals surface area contributed by atoms with Gasteiger partial charge in [0, 0.05) is 11.5 Å². The van der Waals surface area contributed by atoms with Gasteiger partial charge in [0.2, 0.25) is 0 Å². The first kappa shape index (κ1) is 7.21. The van der Waals surface area contributed by atoms with Crippen molar-refractivity contribution in [3.05, 3.63) is 8.85 Å². The van der Waals surface area contributed by atoms with Crippen LogP contribution in [0.2, 0.25) is 0 Å². The Bertz CT molecular complexity index is 260. The topological polar surface area (TPSA) is 17.1 Å². The predicted octanol–water partition coefficient (Wildman–Crippen LogP) is 2.37. The lowest BCUT2D eigenvalue weighted by molar-refractivity contribution is 1.42. The number of thioether (sulfide) groups is 2. The molecule has 1 nitrogen and oxygen atoms in total. The van der Waals surface area contributed by atoms with Crippen LogP contribution in [0.15, 0.2) is 13.2 Å². The first-order chi connectivity index (χ1) is 4.86. The zero-order valence-electron chi connectivity index (χ0n) is 4.96. The molecule has 0 amide bonds. The highest BCUT2D eigenvalue weighted by Crippen LogP contribution is 2.40. The van der Waals surface area contributed by atoms with Crippen molar-refractivity contribution >= 4 is 46.2 Å². The fraction of sp³-hybridized carbons (Fsp3) is 0.400. The molecule has 0 radical (unpaired) electrons. The van der Waals surface area contributed by atoms with Crippen molar-refractivity contribution in [3.63, 3.8) is 0 Å². The molecule has 1 aromatic rings. The zero-order valence-corrected chi connectivity index (χ0v) is 8.22. The molecule has 0 saturated carbocycles. The molecule has 10 heavy (non-hydrogen) atoms. The summed E-state index contributed by atoms with van der Waals surface area (Å²) >= 11 is 6.43. The summed E-state index contributed by atoms with van der Waals surface area (Å²) in [6.45, 7) is 0. The number of fused-ring (bicyclic) bond motifs is 1. The summed E-state index contributed by atoms with van der Waals surface area (Å²) in [4.78, 5) is 10.9. The lowest BCUT2D eigenvalue weighted by Crippen LogP contribution is -1.87. The van der Waals surface area contributed by atoms with Gasteiger partial charge in [-0.1, -0.05) is 22.7 Å². The fourth-order valence-corrected chi connectivity index (χ4v) is 6.06. The van der Waals surface area contributed by atoms with E-state index in [9.17, 15) is 4.79 Å². The van der Waals surface area contributed by atoms with Crippen molar-refractivity contribution in [2.45, 2.75) is 8.42 Å². The summed E-state index contributed by atoms with van der Waals surface area (Å²) in [6, 6.07) is 0. The van der Waals surface area contributed by atoms with E-state index < -0.39 is 0 Å². The molecular weight excluding hydrogens is 204 g/mol. The maximum absolute atomic E-state index is 10.9. The van der Waals surface area contributed by atoms with Crippen molar-refractivity contribution < 1.29 is 0 Å². The molecule has 5 heteroatoms. The Kier molecular flexibility index (Phi) is 2.08. The van der Waals surface area contributed by atoms with E-state index in [0.29, 0.717) is 0 Å². The third kappa shape index (κ3) is 1.28. The molecule has 0 spiro atoms. The van der Waals surface area contributed by atoms with Crippen LogP contribution < -0.4 is 4.06 Å². The fourth-order valence-electron chi connectivity index (χ4n) is 0.701. The van der Waals surface area contributed by atoms with E-state index in [-0.39, 0.29) is 4.06 Å². The van der Waals surface area contributed by atoms with Crippen molar-refractivity contribution in [1.29, 1.82) is 0 Å². The average Bonchev–Trinajstić information content (AvgIpc) is 2.27. The maximum Gasteiger partial charge on any atom is 0.289 e. The molecule has 1 aromatic heterocycles. The monoisotopic (exact) mass is 208 g/mol. The molecule has 1 aliphatic rings. The van der Waals surface area contributed by atoms with Gasteiger partial charge in [0.1, 0.15) is 0 Å². The van der Waals surface area contributed by atoms with E-state index >= 15 is 0 Å². The standard InChI is InChI=1S/C5H4OS4/c6-5-9-3-4(10-5)8-2-1-7-3/h1-2H2. The molecule has 0 atom stereocenters. The molecule has 2 rings (SSSR count). The molecule has 0 bridgehead atoms. The van der Waals surface area contributed by atoms with Gasteiger partial charge in [0.25, 0.3) is 4.06 Å². The van der Waals surface area contributed by atoms with E-state index in [1.54, 1.807) is 0 Å². The maximum atomic E-state index is 10.9. The quantitative estimate of drug-likeness (QED) is 0.651. The minimum Gasteiger partial charge on any atom is -0.265 e. The lowest BCUT2D eigenvalue weighted by Gasteiger charge is -2.06. The van der Waals surface area contributed by atoms with Gasteiger partial charge in [0.05, 0.1) is 8.42 Å². The lowest BCUT2D eigenvalue weighted by atomic mass is 11.0. The number of hydrogen-bond acceptors (Lipinski definition) is 5. The molecule has 0 N–H and O–H groups in total. The molecule has 0 aliphatic carbocycles. The Morgan fingerprint density at radius 1 is 1.00 bits per heavy atom. The van der Waals surface area contributed by atoms with E-state index in [1.165, 1.54) is 31.1 Å². The summed E-state index contributed by atoms with van der Waals surface area (Å²) < 4.78 is 2.73. The summed E-state index contributed by atoms with van der Waals surface area (Å²) in [5, 5.41) is 0. The van der Waals surface area contributed by atoms with Gasteiger partial charge >= 0.3 is 0 Å². The third-order valence-corrected chi connectivity index (χ3v) is 6.41. The largest absolute Gasteiger partial charge is 0.289 e. The van der Waals surface area contributed by atoms with Crippen LogP contribution in [0.5, 0.6) is 0 Å². The first-order valence-electron chi connectivity index (χ1n) is 2.76. The zero-order chi connectivity index (χ0) is 6.97. The number of rotatable bonds is 0. The summed E-state index contributed by atoms with van der Waals surface area (Å²) in [7, 11) is 0. The molecular formula is C5H4OS4. The molecule has 0 saturated heterocycles. The van der Waals surface area contributed by atoms with Crippen molar-refractivity contribution in [3.8, 4) is 0 Å². The van der Waals surface area contributed by atoms with Gasteiger partial charge in [-0.25, -0.2) is 0 Å². The Hall–Kier alpha value is 0.550. The molecule has 0 aromatic carbocycles. The summed E-state index contributed by atoms with van der Waals surface area (Å²) in [5.41, 5.74) is 0. The second kappa shape index (κ2) is 2.89. The molecule has 0 unspecified atom stereocenters. The van der Waals surface area contributed by atoms with E-state index in [1.807, 2.05) is 23.5 Å². The van der Waals surface area contributed by atoms with Gasteiger partial charge in [-0.2, -0.15) is 0 Å². The van der Waals surface area contributed by atoms with Gasteiger partial charge in [-0.15, -0.1) is 23.5 Å². The van der Waals surface area contributed by atoms with Crippen LogP contribution in [0.25, 0.3) is 0 Å². The van der Waals surface area contributed by atoms with Crippen LogP contribution in [0.3, 0.4) is 0 Å². The Morgan fingerprint density at radius 2 is 1.50 bits per heavy atom. The van der Waals surface area contributed by atoms with E-state index in [4.69, 9.17) is 0 Å². The van der Waals surface area contributed by atoms with Crippen LogP contribution >= 0.6 is 46.2 Å². The molecule has 54 valence electrons. The van der Waals surface area contributed by atoms with Crippen LogP contribution in [-0.2, 0) is 0 Å². The van der Waals surface area contributed by atoms with Gasteiger partial charge in [-0.05, 0) is 0 Å². The predicted molar refractivity (Wildman–Crippen MR) is 49.9 cm³/mol. The Balaban J connectivity index is 2.50. The second-order valence-corrected chi connectivity index (χ2v) is 6.68. The minimum atomic E-state index is 0.242. The van der Waals surface area contributed by atoms with Gasteiger partial charge < -0.3 is 0 Å². The molecule has 0 fully saturated rings. The second-order valence-electron chi connectivity index (χ2n) is 1.73. The Labute approximate surface area is 74.9 Å². The smallest absolute Gasteiger partial charge is 0.265 e. The van der Waals surface area contributed by atoms with Crippen LogP contribution in [0.4, 0.5) is 0 Å². The molecule has 1 aliphatic heterocycles. The third-order valence-electron chi connectivity index (χ3n) is 1.07. The number of hydrogen-bond donors (Lipinski definition) is 0. The van der Waals surface area contributed by atoms with E-state index in [2.05, 4.69) is 0 Å². The first-order valence-corrected chi connectivity index (χ1v) is 6.36. The highest BCUT2D eigenvalue weighted by Gasteiger charge is 2.13. The van der Waals surface area contributed by atoms with E-state index in [0.717, 1.165) is 11.5 Å². The van der Waals surface area contributed by atoms with Crippen molar-refractivity contribution in [2.24, 2.45) is 0 Å². The molecule has 2 heterocycles. The normalized spacial score (nSPS) is 16.8. The SMILES string of the molecule is O=c1sc2c(s1)SCCS2. The van der Waals surface area contributed by atoms with Crippen molar-refractivity contribution in [1.82, 2.24) is 0 Å². The summed E-state index contributed by atoms with van der Waals surface area (Å²) in [6.07, 6.45) is 0. The van der Waals surface area contributed by atoms with Crippen LogP contribution in [-0.4, -0.2) is 11.5 Å². The highest BCUT2D eigenvalue weighted by molar-refractivity contribution is 8.08. The summed E-state index contributed by atoms with van der Waals surface area (Å²) in [5.74, 6) is 2.31. The minimum absolute atomic E-state index is 0.242. The van der Waals surface area contributed by atoms with Gasteiger partial charge in [0.15, 0.2) is 0 Å². The van der Waals surface area contributed by atoms with Gasteiger partial charge in [-0.3, -0.25) is 4.79 Å². The highest BCUT2D eigenvalue weighted by atomic mass is 32.2.